The van der Waals surface area contributed by atoms with E-state index in [0.717, 1.165) is 42.8 Å². The van der Waals surface area contributed by atoms with Crippen LogP contribution in [0.2, 0.25) is 0 Å². The Kier molecular flexibility index (Phi) is 4.40. The normalized spacial score (nSPS) is 15.6. The Morgan fingerprint density at radius 2 is 2.08 bits per heavy atom. The van der Waals surface area contributed by atoms with Crippen molar-refractivity contribution < 1.29 is 14.7 Å². The first-order valence-electron chi connectivity index (χ1n) is 7.96. The second-order valence-corrected chi connectivity index (χ2v) is 7.06. The van der Waals surface area contributed by atoms with Crippen molar-refractivity contribution in [2.45, 2.75) is 52.1 Å². The molecule has 0 aromatic carbocycles. The van der Waals surface area contributed by atoms with Crippen molar-refractivity contribution in [1.82, 2.24) is 14.9 Å². The summed E-state index contributed by atoms with van der Waals surface area (Å²) in [6, 6.07) is -0.993. The van der Waals surface area contributed by atoms with Gasteiger partial charge in [0.1, 0.15) is 16.7 Å². The van der Waals surface area contributed by atoms with Gasteiger partial charge < -0.3 is 10.4 Å². The Morgan fingerprint density at radius 3 is 2.79 bits per heavy atom. The highest BCUT2D eigenvalue weighted by Crippen LogP contribution is 2.28. The van der Waals surface area contributed by atoms with Crippen molar-refractivity contribution in [3.63, 3.8) is 0 Å². The van der Waals surface area contributed by atoms with Crippen molar-refractivity contribution in [1.29, 1.82) is 0 Å². The zero-order valence-electron chi connectivity index (χ0n) is 13.6. The van der Waals surface area contributed by atoms with E-state index in [1.165, 1.54) is 6.92 Å². The van der Waals surface area contributed by atoms with Gasteiger partial charge in [0.2, 0.25) is 0 Å². The number of aliphatic carboxylic acids is 1. The number of nitrogens with one attached hydrogen (secondary N) is 1. The summed E-state index contributed by atoms with van der Waals surface area (Å²) in [5.41, 5.74) is 0.470. The number of fused-ring (bicyclic) bond motifs is 2. The number of aromatic nitrogens is 2. The molecule has 1 unspecified atom stereocenters. The Morgan fingerprint density at radius 1 is 1.33 bits per heavy atom. The van der Waals surface area contributed by atoms with Gasteiger partial charge in [0.25, 0.3) is 11.5 Å². The molecule has 1 aliphatic rings. The zero-order valence-corrected chi connectivity index (χ0v) is 14.4. The Bertz CT molecular complexity index is 884. The molecule has 7 nitrogen and oxygen atoms in total. The van der Waals surface area contributed by atoms with E-state index in [-0.39, 0.29) is 5.56 Å². The molecule has 3 heterocycles. The molecule has 1 aliphatic heterocycles. The van der Waals surface area contributed by atoms with E-state index >= 15 is 0 Å². The van der Waals surface area contributed by atoms with E-state index in [9.17, 15) is 14.4 Å². The van der Waals surface area contributed by atoms with Gasteiger partial charge in [-0.2, -0.15) is 0 Å². The van der Waals surface area contributed by atoms with Gasteiger partial charge in [-0.3, -0.25) is 19.0 Å². The predicted octanol–water partition coefficient (Wildman–Crippen LogP) is 1.70. The first kappa shape index (κ1) is 16.6. The zero-order chi connectivity index (χ0) is 17.4. The van der Waals surface area contributed by atoms with Crippen LogP contribution in [-0.2, 0) is 17.8 Å². The number of aryl methyl sites for hydroxylation is 2. The smallest absolute Gasteiger partial charge is 0.325 e. The van der Waals surface area contributed by atoms with Crippen molar-refractivity contribution >= 4 is 33.4 Å². The molecule has 2 aromatic rings. The van der Waals surface area contributed by atoms with Gasteiger partial charge in [-0.1, -0.05) is 6.42 Å². The lowest BCUT2D eigenvalue weighted by molar-refractivity contribution is -0.138. The van der Waals surface area contributed by atoms with Crippen LogP contribution in [0.1, 0.15) is 47.2 Å². The molecule has 24 heavy (non-hydrogen) atoms. The van der Waals surface area contributed by atoms with E-state index in [4.69, 9.17) is 5.11 Å². The molecule has 8 heteroatoms. The van der Waals surface area contributed by atoms with Crippen molar-refractivity contribution in [3.8, 4) is 0 Å². The summed E-state index contributed by atoms with van der Waals surface area (Å²) < 4.78 is 1.72. The number of nitrogens with zero attached hydrogens (tertiary/aromatic N) is 2. The molecule has 2 N–H and O–H groups in total. The number of carbonyl (C=O) groups excluding carboxylic acids is 1. The second kappa shape index (κ2) is 6.35. The number of carbonyl (C=O) groups is 2. The van der Waals surface area contributed by atoms with Crippen molar-refractivity contribution in [2.24, 2.45) is 0 Å². The van der Waals surface area contributed by atoms with Gasteiger partial charge in [-0.25, -0.2) is 4.98 Å². The fourth-order valence-electron chi connectivity index (χ4n) is 2.95. The lowest BCUT2D eigenvalue weighted by Gasteiger charge is -2.08. The molecule has 128 valence electrons. The third-order valence-electron chi connectivity index (χ3n) is 4.34. The van der Waals surface area contributed by atoms with Crippen LogP contribution in [0, 0.1) is 6.92 Å². The molecule has 0 fully saturated rings. The van der Waals surface area contributed by atoms with E-state index < -0.39 is 17.9 Å². The number of rotatable bonds is 3. The SMILES string of the molecule is Cc1c(C(=O)NC(C)C(=O)O)sc2nc3n(c(=O)c12)CCCCC3. The molecule has 0 saturated heterocycles. The van der Waals surface area contributed by atoms with Gasteiger partial charge in [-0.05, 0) is 32.3 Å². The summed E-state index contributed by atoms with van der Waals surface area (Å²) in [4.78, 5) is 41.6. The van der Waals surface area contributed by atoms with E-state index in [1.807, 2.05) is 0 Å². The molecule has 1 amide bonds. The number of amides is 1. The fourth-order valence-corrected chi connectivity index (χ4v) is 4.04. The topological polar surface area (TPSA) is 101 Å². The van der Waals surface area contributed by atoms with Crippen LogP contribution in [-0.4, -0.2) is 32.6 Å². The highest BCUT2D eigenvalue weighted by molar-refractivity contribution is 7.20. The summed E-state index contributed by atoms with van der Waals surface area (Å²) >= 11 is 1.15. The molecule has 0 aliphatic carbocycles. The van der Waals surface area contributed by atoms with Crippen LogP contribution in [0.5, 0.6) is 0 Å². The lowest BCUT2D eigenvalue weighted by atomic mass is 10.2. The molecule has 3 rings (SSSR count). The number of thiophene rings is 1. The van der Waals surface area contributed by atoms with Crippen LogP contribution in [0.3, 0.4) is 0 Å². The monoisotopic (exact) mass is 349 g/mol. The maximum absolute atomic E-state index is 12.8. The van der Waals surface area contributed by atoms with Gasteiger partial charge in [0.05, 0.1) is 10.3 Å². The minimum absolute atomic E-state index is 0.101. The van der Waals surface area contributed by atoms with E-state index in [0.29, 0.717) is 27.2 Å². The van der Waals surface area contributed by atoms with Gasteiger partial charge >= 0.3 is 5.97 Å². The van der Waals surface area contributed by atoms with E-state index in [1.54, 1.807) is 11.5 Å². The maximum atomic E-state index is 12.8. The highest BCUT2D eigenvalue weighted by Gasteiger charge is 2.24. The minimum Gasteiger partial charge on any atom is -0.480 e. The quantitative estimate of drug-likeness (QED) is 0.878. The third kappa shape index (κ3) is 2.82. The van der Waals surface area contributed by atoms with Crippen LogP contribution < -0.4 is 10.9 Å². The van der Waals surface area contributed by atoms with Gasteiger partial charge in [0.15, 0.2) is 0 Å². The summed E-state index contributed by atoms with van der Waals surface area (Å²) in [7, 11) is 0. The molecule has 1 atom stereocenters. The Balaban J connectivity index is 2.08. The summed E-state index contributed by atoms with van der Waals surface area (Å²) in [6.07, 6.45) is 3.80. The Labute approximate surface area is 142 Å². The first-order valence-corrected chi connectivity index (χ1v) is 8.78. The van der Waals surface area contributed by atoms with Crippen LogP contribution in [0.4, 0.5) is 0 Å². The van der Waals surface area contributed by atoms with Crippen LogP contribution in [0.25, 0.3) is 10.2 Å². The highest BCUT2D eigenvalue weighted by atomic mass is 32.1. The largest absolute Gasteiger partial charge is 0.480 e. The molecule has 0 bridgehead atoms. The van der Waals surface area contributed by atoms with Crippen LogP contribution in [0.15, 0.2) is 4.79 Å². The standard InChI is InChI=1S/C16H19N3O4S/c1-8-11-14(24-12(8)13(20)17-9(2)16(22)23)18-10-6-4-3-5-7-19(10)15(11)21/h9H,3-7H2,1-2H3,(H,17,20)(H,22,23). The summed E-state index contributed by atoms with van der Waals surface area (Å²) in [6.45, 7) is 3.77. The fraction of sp³-hybridized carbons (Fsp3) is 0.500. The third-order valence-corrected chi connectivity index (χ3v) is 5.52. The van der Waals surface area contributed by atoms with Gasteiger partial charge in [-0.15, -0.1) is 11.3 Å². The molecular weight excluding hydrogens is 330 g/mol. The second-order valence-electron chi connectivity index (χ2n) is 6.07. The number of hydrogen-bond donors (Lipinski definition) is 2. The average Bonchev–Trinajstić information content (AvgIpc) is 2.71. The maximum Gasteiger partial charge on any atom is 0.325 e. The minimum atomic E-state index is -1.10. The molecule has 0 spiro atoms. The first-order chi connectivity index (χ1) is 11.4. The molecule has 0 radical (unpaired) electrons. The van der Waals surface area contributed by atoms with Gasteiger partial charge in [0, 0.05) is 13.0 Å². The number of carboxylic acids is 1. The van der Waals surface area contributed by atoms with Crippen molar-refractivity contribution in [2.75, 3.05) is 0 Å². The average molecular weight is 349 g/mol. The lowest BCUT2D eigenvalue weighted by Crippen LogP contribution is -2.38. The number of hydrogen-bond acceptors (Lipinski definition) is 5. The molecule has 2 aromatic heterocycles. The van der Waals surface area contributed by atoms with Crippen molar-refractivity contribution in [3.05, 3.63) is 26.6 Å². The van der Waals surface area contributed by atoms with Crippen LogP contribution >= 0.6 is 11.3 Å². The molecule has 0 saturated carbocycles. The Hall–Kier alpha value is -2.22. The van der Waals surface area contributed by atoms with E-state index in [2.05, 4.69) is 10.3 Å². The predicted molar refractivity (Wildman–Crippen MR) is 90.7 cm³/mol. The molecular formula is C16H19N3O4S. The number of carboxylic acid groups (broad SMARTS) is 1. The summed E-state index contributed by atoms with van der Waals surface area (Å²) in [5.74, 6) is -0.811. The summed E-state index contributed by atoms with van der Waals surface area (Å²) in [5, 5.41) is 11.8.